The molecule has 3 rings (SSSR count). The number of urea groups is 1. The van der Waals surface area contributed by atoms with Gasteiger partial charge in [0.2, 0.25) is 0 Å². The molecule has 0 aliphatic carbocycles. The van der Waals surface area contributed by atoms with E-state index < -0.39 is 6.17 Å². The SMILES string of the molecule is Cc1cc(NC(=O)NC[C@@H]2C[C@H](F)CN2Cc2csc(C)n2)ccn1. The summed E-state index contributed by atoms with van der Waals surface area (Å²) in [5, 5.41) is 8.62. The van der Waals surface area contributed by atoms with Gasteiger partial charge < -0.3 is 10.6 Å². The summed E-state index contributed by atoms with van der Waals surface area (Å²) in [6.45, 7) is 5.22. The lowest BCUT2D eigenvalue weighted by atomic mass is 10.2. The van der Waals surface area contributed by atoms with Gasteiger partial charge in [-0.05, 0) is 32.4 Å². The quantitative estimate of drug-likeness (QED) is 0.857. The molecule has 2 N–H and O–H groups in total. The van der Waals surface area contributed by atoms with Crippen LogP contribution in [0.1, 0.15) is 22.8 Å². The summed E-state index contributed by atoms with van der Waals surface area (Å²) in [5.41, 5.74) is 2.48. The van der Waals surface area contributed by atoms with Crippen molar-refractivity contribution in [1.82, 2.24) is 20.2 Å². The van der Waals surface area contributed by atoms with Crippen LogP contribution in [-0.4, -0.2) is 46.2 Å². The first-order chi connectivity index (χ1) is 12.0. The minimum atomic E-state index is -0.863. The van der Waals surface area contributed by atoms with Gasteiger partial charge in [-0.25, -0.2) is 14.2 Å². The average Bonchev–Trinajstić information content (AvgIpc) is 3.11. The van der Waals surface area contributed by atoms with E-state index in [9.17, 15) is 9.18 Å². The number of halogens is 1. The van der Waals surface area contributed by atoms with Crippen molar-refractivity contribution >= 4 is 23.1 Å². The van der Waals surface area contributed by atoms with Crippen molar-refractivity contribution in [3.8, 4) is 0 Å². The van der Waals surface area contributed by atoms with Gasteiger partial charge in [0, 0.05) is 48.6 Å². The molecule has 1 fully saturated rings. The fraction of sp³-hybridized carbons (Fsp3) is 0.471. The number of hydrogen-bond acceptors (Lipinski definition) is 5. The van der Waals surface area contributed by atoms with Gasteiger partial charge in [-0.3, -0.25) is 9.88 Å². The molecule has 0 spiro atoms. The average molecular weight is 363 g/mol. The van der Waals surface area contributed by atoms with E-state index in [0.29, 0.717) is 31.7 Å². The Kier molecular flexibility index (Phi) is 5.60. The third-order valence-electron chi connectivity index (χ3n) is 4.16. The molecule has 0 radical (unpaired) electrons. The van der Waals surface area contributed by atoms with Crippen LogP contribution in [0.15, 0.2) is 23.7 Å². The summed E-state index contributed by atoms with van der Waals surface area (Å²) in [6, 6.07) is 3.21. The van der Waals surface area contributed by atoms with E-state index in [2.05, 4.69) is 25.5 Å². The van der Waals surface area contributed by atoms with Gasteiger partial charge in [0.25, 0.3) is 0 Å². The Morgan fingerprint density at radius 3 is 3.04 bits per heavy atom. The standard InChI is InChI=1S/C17H22FN5OS/c1-11-5-14(3-4-19-11)22-17(24)20-7-16-6-13(18)8-23(16)9-15-10-25-12(2)21-15/h3-5,10,13,16H,6-9H2,1-2H3,(H2,19,20,22,24)/t13-,16-/m0/s1. The molecule has 2 atom stereocenters. The van der Waals surface area contributed by atoms with Crippen LogP contribution in [0.3, 0.4) is 0 Å². The van der Waals surface area contributed by atoms with Crippen molar-refractivity contribution in [3.05, 3.63) is 40.1 Å². The van der Waals surface area contributed by atoms with Crippen molar-refractivity contribution < 1.29 is 9.18 Å². The number of hydrogen-bond donors (Lipinski definition) is 2. The van der Waals surface area contributed by atoms with Gasteiger partial charge in [0.1, 0.15) is 6.17 Å². The molecule has 0 bridgehead atoms. The normalized spacial score (nSPS) is 20.6. The predicted octanol–water partition coefficient (Wildman–Crippen LogP) is 2.89. The summed E-state index contributed by atoms with van der Waals surface area (Å²) >= 11 is 1.59. The van der Waals surface area contributed by atoms with Gasteiger partial charge >= 0.3 is 6.03 Å². The molecule has 1 saturated heterocycles. The second kappa shape index (κ2) is 7.88. The van der Waals surface area contributed by atoms with E-state index in [-0.39, 0.29) is 12.1 Å². The van der Waals surface area contributed by atoms with Gasteiger partial charge in [0.05, 0.1) is 10.7 Å². The lowest BCUT2D eigenvalue weighted by Gasteiger charge is -2.23. The molecule has 2 aromatic rings. The third-order valence-corrected chi connectivity index (χ3v) is 4.98. The minimum absolute atomic E-state index is 0.0260. The number of carbonyl (C=O) groups excluding carboxylic acids is 1. The van der Waals surface area contributed by atoms with E-state index in [1.807, 2.05) is 19.2 Å². The van der Waals surface area contributed by atoms with Crippen LogP contribution < -0.4 is 10.6 Å². The fourth-order valence-corrected chi connectivity index (χ4v) is 3.63. The lowest BCUT2D eigenvalue weighted by molar-refractivity contribution is 0.222. The van der Waals surface area contributed by atoms with Crippen molar-refractivity contribution in [2.24, 2.45) is 0 Å². The number of alkyl halides is 1. The number of nitrogens with zero attached hydrogens (tertiary/aromatic N) is 3. The number of carbonyl (C=O) groups is 1. The van der Waals surface area contributed by atoms with Gasteiger partial charge in [-0.2, -0.15) is 0 Å². The Morgan fingerprint density at radius 1 is 1.48 bits per heavy atom. The number of aromatic nitrogens is 2. The number of amides is 2. The molecule has 6 nitrogen and oxygen atoms in total. The van der Waals surface area contributed by atoms with E-state index in [1.54, 1.807) is 29.7 Å². The van der Waals surface area contributed by atoms with Crippen molar-refractivity contribution in [3.63, 3.8) is 0 Å². The molecule has 2 amide bonds. The Balaban J connectivity index is 1.52. The first kappa shape index (κ1) is 17.8. The predicted molar refractivity (Wildman–Crippen MR) is 96.6 cm³/mol. The molecule has 2 aromatic heterocycles. The first-order valence-electron chi connectivity index (χ1n) is 8.26. The van der Waals surface area contributed by atoms with Crippen LogP contribution in [0.2, 0.25) is 0 Å². The smallest absolute Gasteiger partial charge is 0.319 e. The first-order valence-corrected chi connectivity index (χ1v) is 9.14. The summed E-state index contributed by atoms with van der Waals surface area (Å²) in [4.78, 5) is 22.6. The van der Waals surface area contributed by atoms with E-state index in [1.165, 1.54) is 0 Å². The molecule has 25 heavy (non-hydrogen) atoms. The van der Waals surface area contributed by atoms with E-state index in [4.69, 9.17) is 0 Å². The van der Waals surface area contributed by atoms with Crippen LogP contribution in [-0.2, 0) is 6.54 Å². The lowest BCUT2D eigenvalue weighted by Crippen LogP contribution is -2.41. The largest absolute Gasteiger partial charge is 0.336 e. The Labute approximate surface area is 150 Å². The highest BCUT2D eigenvalue weighted by atomic mass is 32.1. The third kappa shape index (κ3) is 4.96. The maximum absolute atomic E-state index is 13.9. The van der Waals surface area contributed by atoms with Crippen LogP contribution in [0, 0.1) is 13.8 Å². The van der Waals surface area contributed by atoms with Crippen molar-refractivity contribution in [2.75, 3.05) is 18.4 Å². The van der Waals surface area contributed by atoms with Crippen molar-refractivity contribution in [1.29, 1.82) is 0 Å². The highest BCUT2D eigenvalue weighted by Crippen LogP contribution is 2.23. The van der Waals surface area contributed by atoms with Crippen LogP contribution in [0.4, 0.5) is 14.9 Å². The topological polar surface area (TPSA) is 70.2 Å². The van der Waals surface area contributed by atoms with Crippen LogP contribution >= 0.6 is 11.3 Å². The summed E-state index contributed by atoms with van der Waals surface area (Å²) in [6.07, 6.45) is 1.21. The number of aryl methyl sites for hydroxylation is 2. The Morgan fingerprint density at radius 2 is 2.32 bits per heavy atom. The van der Waals surface area contributed by atoms with Gasteiger partial charge in [-0.15, -0.1) is 11.3 Å². The number of pyridine rings is 1. The Hall–Kier alpha value is -2.06. The zero-order valence-corrected chi connectivity index (χ0v) is 15.1. The number of nitrogens with one attached hydrogen (secondary N) is 2. The molecule has 134 valence electrons. The number of thiazole rings is 1. The molecule has 0 unspecified atom stereocenters. The zero-order valence-electron chi connectivity index (χ0n) is 14.3. The maximum atomic E-state index is 13.9. The zero-order chi connectivity index (χ0) is 17.8. The molecule has 0 saturated carbocycles. The number of rotatable bonds is 5. The maximum Gasteiger partial charge on any atom is 0.319 e. The minimum Gasteiger partial charge on any atom is -0.336 e. The molecule has 8 heteroatoms. The number of likely N-dealkylation sites (tertiary alicyclic amines) is 1. The highest BCUT2D eigenvalue weighted by Gasteiger charge is 2.32. The second-order valence-electron chi connectivity index (χ2n) is 6.30. The van der Waals surface area contributed by atoms with Crippen LogP contribution in [0.5, 0.6) is 0 Å². The second-order valence-corrected chi connectivity index (χ2v) is 7.36. The van der Waals surface area contributed by atoms with E-state index in [0.717, 1.165) is 16.4 Å². The highest BCUT2D eigenvalue weighted by molar-refractivity contribution is 7.09. The molecular weight excluding hydrogens is 341 g/mol. The number of anilines is 1. The molecule has 1 aliphatic heterocycles. The monoisotopic (exact) mass is 363 g/mol. The molecular formula is C17H22FN5OS. The molecule has 0 aromatic carbocycles. The van der Waals surface area contributed by atoms with Gasteiger partial charge in [-0.1, -0.05) is 0 Å². The summed E-state index contributed by atoms with van der Waals surface area (Å²) < 4.78 is 13.9. The Bertz CT molecular complexity index is 737. The van der Waals surface area contributed by atoms with Crippen LogP contribution in [0.25, 0.3) is 0 Å². The summed E-state index contributed by atoms with van der Waals surface area (Å²) in [5.74, 6) is 0. The fourth-order valence-electron chi connectivity index (χ4n) is 3.03. The molecule has 3 heterocycles. The van der Waals surface area contributed by atoms with E-state index >= 15 is 0 Å². The summed E-state index contributed by atoms with van der Waals surface area (Å²) in [7, 11) is 0. The molecule has 1 aliphatic rings. The van der Waals surface area contributed by atoms with Crippen molar-refractivity contribution in [2.45, 2.75) is 39.0 Å². The van der Waals surface area contributed by atoms with Gasteiger partial charge in [0.15, 0.2) is 0 Å².